The largest absolute Gasteiger partial charge is 0.368 e. The zero-order valence-corrected chi connectivity index (χ0v) is 10.7. The molecule has 4 heteroatoms. The van der Waals surface area contributed by atoms with E-state index in [1.54, 1.807) is 0 Å². The fraction of sp³-hybridized carbons (Fsp3) is 0.846. The maximum atomic E-state index is 12.0. The molecule has 1 rings (SSSR count). The minimum Gasteiger partial charge on any atom is -0.368 e. The molecule has 1 aliphatic carbocycles. The lowest BCUT2D eigenvalue weighted by atomic mass is 9.88. The van der Waals surface area contributed by atoms with Crippen molar-refractivity contribution >= 4 is 11.8 Å². The number of hydrogen-bond acceptors (Lipinski definition) is 2. The number of primary amides is 1. The topological polar surface area (TPSA) is 72.2 Å². The van der Waals surface area contributed by atoms with Crippen molar-refractivity contribution in [2.75, 3.05) is 0 Å². The summed E-state index contributed by atoms with van der Waals surface area (Å²) >= 11 is 0. The van der Waals surface area contributed by atoms with Crippen LogP contribution in [0.4, 0.5) is 0 Å². The van der Waals surface area contributed by atoms with Crippen molar-refractivity contribution in [1.29, 1.82) is 0 Å². The zero-order valence-electron chi connectivity index (χ0n) is 10.7. The number of amides is 2. The van der Waals surface area contributed by atoms with Crippen molar-refractivity contribution in [1.82, 2.24) is 5.32 Å². The van der Waals surface area contributed by atoms with E-state index >= 15 is 0 Å². The third-order valence-electron chi connectivity index (χ3n) is 3.48. The highest BCUT2D eigenvalue weighted by Gasteiger charge is 2.25. The Morgan fingerprint density at radius 1 is 1.29 bits per heavy atom. The highest BCUT2D eigenvalue weighted by molar-refractivity contribution is 5.87. The van der Waals surface area contributed by atoms with Gasteiger partial charge in [-0.25, -0.2) is 0 Å². The number of carbonyl (C=O) groups is 2. The Morgan fingerprint density at radius 2 is 1.94 bits per heavy atom. The number of carbonyl (C=O) groups excluding carboxylic acids is 2. The predicted octanol–water partition coefficient (Wildman–Crippen LogP) is 1.73. The second kappa shape index (κ2) is 7.30. The van der Waals surface area contributed by atoms with Gasteiger partial charge in [-0.1, -0.05) is 39.0 Å². The molecule has 1 aliphatic rings. The average Bonchev–Trinajstić information content (AvgIpc) is 2.35. The van der Waals surface area contributed by atoms with E-state index in [-0.39, 0.29) is 11.8 Å². The molecule has 4 nitrogen and oxygen atoms in total. The van der Waals surface area contributed by atoms with Gasteiger partial charge in [0.05, 0.1) is 0 Å². The van der Waals surface area contributed by atoms with Crippen LogP contribution in [0.5, 0.6) is 0 Å². The van der Waals surface area contributed by atoms with Crippen LogP contribution in [0.2, 0.25) is 0 Å². The van der Waals surface area contributed by atoms with Gasteiger partial charge in [-0.3, -0.25) is 9.59 Å². The van der Waals surface area contributed by atoms with Gasteiger partial charge in [0.1, 0.15) is 6.04 Å². The minimum atomic E-state index is -0.482. The van der Waals surface area contributed by atoms with Gasteiger partial charge in [0.2, 0.25) is 11.8 Å². The second-order valence-corrected chi connectivity index (χ2v) is 4.94. The maximum Gasteiger partial charge on any atom is 0.239 e. The van der Waals surface area contributed by atoms with E-state index in [4.69, 9.17) is 5.73 Å². The van der Waals surface area contributed by atoms with Gasteiger partial charge < -0.3 is 11.1 Å². The molecule has 0 spiro atoms. The molecule has 1 fully saturated rings. The molecule has 0 aromatic heterocycles. The van der Waals surface area contributed by atoms with Gasteiger partial charge in [0, 0.05) is 5.92 Å². The first-order chi connectivity index (χ1) is 8.15. The van der Waals surface area contributed by atoms with Gasteiger partial charge in [0.25, 0.3) is 0 Å². The van der Waals surface area contributed by atoms with Crippen LogP contribution in [0.3, 0.4) is 0 Å². The Bertz CT molecular complexity index is 260. The molecule has 1 atom stereocenters. The highest BCUT2D eigenvalue weighted by Crippen LogP contribution is 2.23. The van der Waals surface area contributed by atoms with E-state index < -0.39 is 11.9 Å². The van der Waals surface area contributed by atoms with Gasteiger partial charge in [0.15, 0.2) is 0 Å². The molecule has 0 radical (unpaired) electrons. The fourth-order valence-corrected chi connectivity index (χ4v) is 2.35. The van der Waals surface area contributed by atoms with Crippen molar-refractivity contribution in [3.05, 3.63) is 0 Å². The Labute approximate surface area is 103 Å². The smallest absolute Gasteiger partial charge is 0.239 e. The molecule has 1 saturated carbocycles. The van der Waals surface area contributed by atoms with Gasteiger partial charge >= 0.3 is 0 Å². The first kappa shape index (κ1) is 14.0. The highest BCUT2D eigenvalue weighted by atomic mass is 16.2. The fourth-order valence-electron chi connectivity index (χ4n) is 2.35. The maximum absolute atomic E-state index is 12.0. The lowest BCUT2D eigenvalue weighted by Gasteiger charge is -2.23. The van der Waals surface area contributed by atoms with E-state index in [0.29, 0.717) is 6.42 Å². The summed E-state index contributed by atoms with van der Waals surface area (Å²) in [5.74, 6) is -0.306. The molecule has 0 bridgehead atoms. The third kappa shape index (κ3) is 4.75. The van der Waals surface area contributed by atoms with Crippen LogP contribution >= 0.6 is 0 Å². The van der Waals surface area contributed by atoms with Crippen molar-refractivity contribution in [2.45, 2.75) is 64.3 Å². The third-order valence-corrected chi connectivity index (χ3v) is 3.48. The van der Waals surface area contributed by atoms with Crippen LogP contribution in [-0.2, 0) is 9.59 Å². The van der Waals surface area contributed by atoms with Crippen molar-refractivity contribution in [3.63, 3.8) is 0 Å². The van der Waals surface area contributed by atoms with Crippen LogP contribution < -0.4 is 11.1 Å². The molecule has 0 unspecified atom stereocenters. The quantitative estimate of drug-likeness (QED) is 0.742. The summed E-state index contributed by atoms with van der Waals surface area (Å²) in [6, 6.07) is -0.482. The molecule has 2 amide bonds. The van der Waals surface area contributed by atoms with E-state index in [1.165, 1.54) is 6.42 Å². The summed E-state index contributed by atoms with van der Waals surface area (Å²) in [4.78, 5) is 23.2. The summed E-state index contributed by atoms with van der Waals surface area (Å²) < 4.78 is 0. The normalized spacial score (nSPS) is 18.6. The predicted molar refractivity (Wildman–Crippen MR) is 67.2 cm³/mol. The standard InChI is InChI=1S/C13H24N2O2/c1-2-3-9-11(12(14)16)15-13(17)10-7-5-4-6-8-10/h10-11H,2-9H2,1H3,(H2,14,16)(H,15,17)/t11-/m1/s1. The van der Waals surface area contributed by atoms with E-state index in [0.717, 1.165) is 38.5 Å². The monoisotopic (exact) mass is 240 g/mol. The molecular formula is C13H24N2O2. The molecule has 0 saturated heterocycles. The van der Waals surface area contributed by atoms with Crippen LogP contribution in [0, 0.1) is 5.92 Å². The Morgan fingerprint density at radius 3 is 2.47 bits per heavy atom. The Kier molecular flexibility index (Phi) is 6.01. The van der Waals surface area contributed by atoms with Crippen molar-refractivity contribution < 1.29 is 9.59 Å². The van der Waals surface area contributed by atoms with Gasteiger partial charge in [-0.2, -0.15) is 0 Å². The molecule has 0 aromatic rings. The van der Waals surface area contributed by atoms with Crippen molar-refractivity contribution in [3.8, 4) is 0 Å². The lowest BCUT2D eigenvalue weighted by Crippen LogP contribution is -2.46. The molecule has 98 valence electrons. The van der Waals surface area contributed by atoms with Crippen LogP contribution in [0.15, 0.2) is 0 Å². The molecule has 3 N–H and O–H groups in total. The number of unbranched alkanes of at least 4 members (excludes halogenated alkanes) is 1. The Balaban J connectivity index is 2.42. The number of nitrogens with two attached hydrogens (primary N) is 1. The summed E-state index contributed by atoms with van der Waals surface area (Å²) in [6.07, 6.45) is 7.93. The Hall–Kier alpha value is -1.06. The summed E-state index contributed by atoms with van der Waals surface area (Å²) in [7, 11) is 0. The number of nitrogens with one attached hydrogen (secondary N) is 1. The molecule has 0 aromatic carbocycles. The zero-order chi connectivity index (χ0) is 12.7. The van der Waals surface area contributed by atoms with Gasteiger partial charge in [-0.05, 0) is 19.3 Å². The van der Waals surface area contributed by atoms with Gasteiger partial charge in [-0.15, -0.1) is 0 Å². The lowest BCUT2D eigenvalue weighted by molar-refractivity contribution is -0.130. The molecule has 0 aliphatic heterocycles. The SMILES string of the molecule is CCCC[C@@H](NC(=O)C1CCCCC1)C(N)=O. The second-order valence-electron chi connectivity index (χ2n) is 4.94. The average molecular weight is 240 g/mol. The first-order valence-corrected chi connectivity index (χ1v) is 6.74. The molecule has 17 heavy (non-hydrogen) atoms. The summed E-state index contributed by atoms with van der Waals surface area (Å²) in [5, 5.41) is 2.81. The van der Waals surface area contributed by atoms with E-state index in [1.807, 2.05) is 0 Å². The molecular weight excluding hydrogens is 216 g/mol. The van der Waals surface area contributed by atoms with Crippen LogP contribution in [-0.4, -0.2) is 17.9 Å². The first-order valence-electron chi connectivity index (χ1n) is 6.74. The summed E-state index contributed by atoms with van der Waals surface area (Å²) in [5.41, 5.74) is 5.30. The van der Waals surface area contributed by atoms with E-state index in [2.05, 4.69) is 12.2 Å². The van der Waals surface area contributed by atoms with E-state index in [9.17, 15) is 9.59 Å². The van der Waals surface area contributed by atoms with Crippen molar-refractivity contribution in [2.24, 2.45) is 11.7 Å². The minimum absolute atomic E-state index is 0.0182. The van der Waals surface area contributed by atoms with Crippen LogP contribution in [0.25, 0.3) is 0 Å². The molecule has 0 heterocycles. The number of rotatable bonds is 6. The number of hydrogen-bond donors (Lipinski definition) is 2. The van der Waals surface area contributed by atoms with Crippen LogP contribution in [0.1, 0.15) is 58.3 Å². The summed E-state index contributed by atoms with van der Waals surface area (Å²) in [6.45, 7) is 2.06.